The molecule has 2 N–H and O–H groups in total. The maximum Gasteiger partial charge on any atom is 0.156 e. The van der Waals surface area contributed by atoms with Crippen molar-refractivity contribution in [1.82, 2.24) is 9.97 Å². The summed E-state index contributed by atoms with van der Waals surface area (Å²) in [6.45, 7) is 2.31. The second-order valence-corrected chi connectivity index (χ2v) is 6.04. The van der Waals surface area contributed by atoms with Crippen molar-refractivity contribution in [3.05, 3.63) is 11.5 Å². The standard InChI is InChI=1S/C11H16ClN3S/c1-7-3-2-4-8(5-7)16-11-9(13)10(12)14-6-15-11/h6-8H,2-5,13H2,1H3. The monoisotopic (exact) mass is 257 g/mol. The summed E-state index contributed by atoms with van der Waals surface area (Å²) in [6.07, 6.45) is 6.61. The molecular formula is C11H16ClN3S. The molecule has 1 saturated carbocycles. The average molecular weight is 258 g/mol. The Bertz CT molecular complexity index is 372. The predicted molar refractivity (Wildman–Crippen MR) is 68.7 cm³/mol. The van der Waals surface area contributed by atoms with Crippen LogP contribution in [0.5, 0.6) is 0 Å². The van der Waals surface area contributed by atoms with Crippen molar-refractivity contribution in [2.45, 2.75) is 42.9 Å². The van der Waals surface area contributed by atoms with Gasteiger partial charge in [-0.05, 0) is 18.8 Å². The van der Waals surface area contributed by atoms with Crippen LogP contribution in [0.1, 0.15) is 32.6 Å². The quantitative estimate of drug-likeness (QED) is 0.826. The van der Waals surface area contributed by atoms with Gasteiger partial charge in [-0.2, -0.15) is 0 Å². The lowest BCUT2D eigenvalue weighted by atomic mass is 9.91. The molecule has 0 radical (unpaired) electrons. The van der Waals surface area contributed by atoms with Gasteiger partial charge in [0.25, 0.3) is 0 Å². The molecule has 0 amide bonds. The Kier molecular flexibility index (Phi) is 3.92. The summed E-state index contributed by atoms with van der Waals surface area (Å²) in [6, 6.07) is 0. The van der Waals surface area contributed by atoms with E-state index < -0.39 is 0 Å². The highest BCUT2D eigenvalue weighted by Crippen LogP contribution is 2.38. The van der Waals surface area contributed by atoms with E-state index in [-0.39, 0.29) is 0 Å². The van der Waals surface area contributed by atoms with Crippen LogP contribution >= 0.6 is 23.4 Å². The van der Waals surface area contributed by atoms with E-state index in [0.29, 0.717) is 16.1 Å². The minimum Gasteiger partial charge on any atom is -0.394 e. The molecule has 5 heteroatoms. The van der Waals surface area contributed by atoms with Gasteiger partial charge in [-0.3, -0.25) is 0 Å². The summed E-state index contributed by atoms with van der Waals surface area (Å²) >= 11 is 7.62. The summed E-state index contributed by atoms with van der Waals surface area (Å²) < 4.78 is 0. The van der Waals surface area contributed by atoms with E-state index in [2.05, 4.69) is 16.9 Å². The van der Waals surface area contributed by atoms with Gasteiger partial charge in [0.2, 0.25) is 0 Å². The molecule has 1 aliphatic carbocycles. The molecule has 1 aliphatic rings. The van der Waals surface area contributed by atoms with Gasteiger partial charge in [-0.25, -0.2) is 9.97 Å². The first-order valence-electron chi connectivity index (χ1n) is 5.59. The summed E-state index contributed by atoms with van der Waals surface area (Å²) in [5, 5.41) is 1.82. The highest BCUT2D eigenvalue weighted by atomic mass is 35.5. The van der Waals surface area contributed by atoms with E-state index in [1.54, 1.807) is 11.8 Å². The number of nitrogens with zero attached hydrogens (tertiary/aromatic N) is 2. The molecule has 0 spiro atoms. The minimum atomic E-state index is 0.362. The van der Waals surface area contributed by atoms with Gasteiger partial charge in [0.05, 0.1) is 0 Å². The maximum absolute atomic E-state index is 5.87. The van der Waals surface area contributed by atoms with Gasteiger partial charge in [0, 0.05) is 5.25 Å². The number of halogens is 1. The van der Waals surface area contributed by atoms with E-state index in [1.165, 1.54) is 32.0 Å². The normalized spacial score (nSPS) is 25.6. The van der Waals surface area contributed by atoms with Crippen LogP contribution in [0.4, 0.5) is 5.69 Å². The lowest BCUT2D eigenvalue weighted by molar-refractivity contribution is 0.394. The Morgan fingerprint density at radius 1 is 1.44 bits per heavy atom. The Hall–Kier alpha value is -0.480. The van der Waals surface area contributed by atoms with E-state index >= 15 is 0 Å². The van der Waals surface area contributed by atoms with Crippen LogP contribution < -0.4 is 5.73 Å². The van der Waals surface area contributed by atoms with Gasteiger partial charge in [-0.1, -0.05) is 31.4 Å². The lowest BCUT2D eigenvalue weighted by Gasteiger charge is -2.26. The molecule has 0 bridgehead atoms. The zero-order chi connectivity index (χ0) is 11.5. The van der Waals surface area contributed by atoms with Crippen molar-refractivity contribution in [2.24, 2.45) is 5.92 Å². The molecule has 0 saturated heterocycles. The van der Waals surface area contributed by atoms with Gasteiger partial charge in [-0.15, -0.1) is 11.8 Å². The highest BCUT2D eigenvalue weighted by molar-refractivity contribution is 8.00. The van der Waals surface area contributed by atoms with Crippen LogP contribution in [-0.4, -0.2) is 15.2 Å². The first-order valence-corrected chi connectivity index (χ1v) is 6.85. The second kappa shape index (κ2) is 5.23. The third-order valence-electron chi connectivity index (χ3n) is 2.97. The van der Waals surface area contributed by atoms with Crippen molar-refractivity contribution < 1.29 is 0 Å². The number of anilines is 1. The summed E-state index contributed by atoms with van der Waals surface area (Å²) in [5.74, 6) is 0.810. The fraction of sp³-hybridized carbons (Fsp3) is 0.636. The van der Waals surface area contributed by atoms with Crippen molar-refractivity contribution in [2.75, 3.05) is 5.73 Å². The molecule has 88 valence electrons. The Morgan fingerprint density at radius 3 is 3.00 bits per heavy atom. The zero-order valence-corrected chi connectivity index (χ0v) is 10.9. The molecule has 1 aromatic heterocycles. The summed E-state index contributed by atoms with van der Waals surface area (Å²) in [7, 11) is 0. The molecule has 2 rings (SSSR count). The van der Waals surface area contributed by atoms with Crippen LogP contribution in [0.15, 0.2) is 11.4 Å². The molecule has 2 atom stereocenters. The Balaban J connectivity index is 2.05. The van der Waals surface area contributed by atoms with Gasteiger partial charge in [0.15, 0.2) is 5.15 Å². The van der Waals surface area contributed by atoms with Crippen LogP contribution in [0.2, 0.25) is 5.15 Å². The smallest absolute Gasteiger partial charge is 0.156 e. The lowest BCUT2D eigenvalue weighted by Crippen LogP contribution is -2.15. The van der Waals surface area contributed by atoms with Gasteiger partial charge >= 0.3 is 0 Å². The van der Waals surface area contributed by atoms with Gasteiger partial charge < -0.3 is 5.73 Å². The number of hydrogen-bond donors (Lipinski definition) is 1. The maximum atomic E-state index is 5.87. The van der Waals surface area contributed by atoms with E-state index in [0.717, 1.165) is 10.9 Å². The largest absolute Gasteiger partial charge is 0.394 e. The van der Waals surface area contributed by atoms with Crippen LogP contribution in [0.3, 0.4) is 0 Å². The number of aromatic nitrogens is 2. The minimum absolute atomic E-state index is 0.362. The first kappa shape index (κ1) is 12.0. The molecule has 0 aliphatic heterocycles. The van der Waals surface area contributed by atoms with Crippen molar-refractivity contribution in [3.63, 3.8) is 0 Å². The molecule has 0 aromatic carbocycles. The van der Waals surface area contributed by atoms with Crippen molar-refractivity contribution >= 4 is 29.1 Å². The Morgan fingerprint density at radius 2 is 2.25 bits per heavy atom. The van der Waals surface area contributed by atoms with E-state index in [9.17, 15) is 0 Å². The third-order valence-corrected chi connectivity index (χ3v) is 4.58. The van der Waals surface area contributed by atoms with Crippen molar-refractivity contribution in [3.8, 4) is 0 Å². The number of nitrogen functional groups attached to an aromatic ring is 1. The van der Waals surface area contributed by atoms with E-state index in [4.69, 9.17) is 17.3 Å². The molecule has 1 aromatic rings. The SMILES string of the molecule is CC1CCCC(Sc2ncnc(Cl)c2N)C1. The molecule has 3 nitrogen and oxygen atoms in total. The number of rotatable bonds is 2. The summed E-state index contributed by atoms with van der Waals surface area (Å²) in [4.78, 5) is 8.06. The van der Waals surface area contributed by atoms with Gasteiger partial charge in [0.1, 0.15) is 17.0 Å². The van der Waals surface area contributed by atoms with Crippen LogP contribution in [-0.2, 0) is 0 Å². The third kappa shape index (κ3) is 2.80. The van der Waals surface area contributed by atoms with Crippen molar-refractivity contribution in [1.29, 1.82) is 0 Å². The number of thioether (sulfide) groups is 1. The molecular weight excluding hydrogens is 242 g/mol. The second-order valence-electron chi connectivity index (χ2n) is 4.39. The molecule has 16 heavy (non-hydrogen) atoms. The number of nitrogens with two attached hydrogens (primary N) is 1. The fourth-order valence-corrected chi connectivity index (χ4v) is 3.64. The molecule has 1 fully saturated rings. The molecule has 1 heterocycles. The highest BCUT2D eigenvalue weighted by Gasteiger charge is 2.21. The topological polar surface area (TPSA) is 51.8 Å². The van der Waals surface area contributed by atoms with Crippen LogP contribution in [0.25, 0.3) is 0 Å². The predicted octanol–water partition coefficient (Wildman–Crippen LogP) is 3.38. The summed E-state index contributed by atoms with van der Waals surface area (Å²) in [5.41, 5.74) is 6.38. The average Bonchev–Trinajstić information content (AvgIpc) is 2.25. The fourth-order valence-electron chi connectivity index (χ4n) is 2.10. The van der Waals surface area contributed by atoms with E-state index in [1.807, 2.05) is 0 Å². The first-order chi connectivity index (χ1) is 7.66. The Labute approximate surface area is 105 Å². The van der Waals surface area contributed by atoms with Crippen LogP contribution in [0, 0.1) is 5.92 Å². The number of hydrogen-bond acceptors (Lipinski definition) is 4. The molecule has 2 unspecified atom stereocenters. The zero-order valence-electron chi connectivity index (χ0n) is 9.32.